The second kappa shape index (κ2) is 2.25. The first-order valence-electron chi connectivity index (χ1n) is 4.80. The molecule has 3 aliphatic rings. The molecule has 2 aliphatic carbocycles. The molecule has 12 heavy (non-hydrogen) atoms. The molecule has 0 bridgehead atoms. The third-order valence-corrected chi connectivity index (χ3v) is 3.07. The summed E-state index contributed by atoms with van der Waals surface area (Å²) in [5.41, 5.74) is 6.21. The lowest BCUT2D eigenvalue weighted by molar-refractivity contribution is 0.823. The summed E-state index contributed by atoms with van der Waals surface area (Å²) in [4.78, 5) is 0. The topological polar surface area (TPSA) is 12.0 Å². The van der Waals surface area contributed by atoms with Crippen LogP contribution in [0.15, 0.2) is 34.7 Å². The molecule has 1 N–H and O–H groups in total. The van der Waals surface area contributed by atoms with Crippen LogP contribution in [-0.4, -0.2) is 0 Å². The van der Waals surface area contributed by atoms with Crippen molar-refractivity contribution >= 4 is 0 Å². The zero-order chi connectivity index (χ0) is 7.97. The molecule has 1 aliphatic heterocycles. The van der Waals surface area contributed by atoms with Gasteiger partial charge in [-0.1, -0.05) is 12.2 Å². The van der Waals surface area contributed by atoms with Crippen LogP contribution in [0.3, 0.4) is 0 Å². The number of allylic oxidation sites excluding steroid dienone is 5. The third-order valence-electron chi connectivity index (χ3n) is 3.07. The molecule has 0 amide bonds. The molecular weight excluding hydrogens is 146 g/mol. The molecule has 1 nitrogen and oxygen atoms in total. The van der Waals surface area contributed by atoms with Crippen molar-refractivity contribution < 1.29 is 0 Å². The number of hydrogen-bond acceptors (Lipinski definition) is 1. The van der Waals surface area contributed by atoms with Crippen molar-refractivity contribution in [1.29, 1.82) is 0 Å². The summed E-state index contributed by atoms with van der Waals surface area (Å²) < 4.78 is 0. The number of hydrogen-bond donors (Lipinski definition) is 1. The molecule has 0 atom stereocenters. The van der Waals surface area contributed by atoms with Gasteiger partial charge in [0.2, 0.25) is 0 Å². The van der Waals surface area contributed by atoms with Gasteiger partial charge in [0.05, 0.1) is 0 Å². The summed E-state index contributed by atoms with van der Waals surface area (Å²) in [5.74, 6) is 0. The molecule has 0 aromatic rings. The molecule has 0 aromatic heterocycles. The van der Waals surface area contributed by atoms with Gasteiger partial charge in [-0.25, -0.2) is 0 Å². The van der Waals surface area contributed by atoms with Crippen LogP contribution in [-0.2, 0) is 0 Å². The van der Waals surface area contributed by atoms with Crippen LogP contribution in [0.2, 0.25) is 0 Å². The van der Waals surface area contributed by atoms with Crippen LogP contribution in [0, 0.1) is 0 Å². The molecule has 0 radical (unpaired) electrons. The Kier molecular flexibility index (Phi) is 1.23. The van der Waals surface area contributed by atoms with Crippen molar-refractivity contribution in [1.82, 2.24) is 5.32 Å². The molecular formula is C11H13N. The van der Waals surface area contributed by atoms with Crippen LogP contribution in [0.5, 0.6) is 0 Å². The van der Waals surface area contributed by atoms with E-state index < -0.39 is 0 Å². The van der Waals surface area contributed by atoms with Gasteiger partial charge < -0.3 is 5.32 Å². The lowest BCUT2D eigenvalue weighted by Crippen LogP contribution is -2.16. The average molecular weight is 159 g/mol. The molecule has 1 heterocycles. The van der Waals surface area contributed by atoms with Crippen LogP contribution in [0.25, 0.3) is 0 Å². The molecule has 3 rings (SSSR count). The molecule has 0 saturated heterocycles. The lowest BCUT2D eigenvalue weighted by atomic mass is 10.0. The molecule has 0 fully saturated rings. The fourth-order valence-corrected chi connectivity index (χ4v) is 2.41. The van der Waals surface area contributed by atoms with E-state index in [4.69, 9.17) is 0 Å². The summed E-state index contributed by atoms with van der Waals surface area (Å²) in [6, 6.07) is 0. The van der Waals surface area contributed by atoms with Crippen molar-refractivity contribution in [2.75, 3.05) is 0 Å². The summed E-state index contributed by atoms with van der Waals surface area (Å²) >= 11 is 0. The van der Waals surface area contributed by atoms with E-state index in [1.54, 1.807) is 5.57 Å². The van der Waals surface area contributed by atoms with Crippen LogP contribution >= 0.6 is 0 Å². The van der Waals surface area contributed by atoms with Gasteiger partial charge >= 0.3 is 0 Å². The number of dihydropyridines is 1. The monoisotopic (exact) mass is 159 g/mol. The van der Waals surface area contributed by atoms with Gasteiger partial charge in [-0.05, 0) is 36.8 Å². The minimum Gasteiger partial charge on any atom is -0.362 e. The SMILES string of the molecule is C1=CC2=C(C1)NC1=C(CCC1)C2. The summed E-state index contributed by atoms with van der Waals surface area (Å²) in [7, 11) is 0. The zero-order valence-electron chi connectivity index (χ0n) is 7.19. The van der Waals surface area contributed by atoms with Crippen LogP contribution < -0.4 is 5.32 Å². The first-order valence-corrected chi connectivity index (χ1v) is 4.80. The Morgan fingerprint density at radius 1 is 1.17 bits per heavy atom. The lowest BCUT2D eigenvalue weighted by Gasteiger charge is -2.19. The maximum Gasteiger partial charge on any atom is 0.0222 e. The molecule has 0 aromatic carbocycles. The predicted molar refractivity (Wildman–Crippen MR) is 49.4 cm³/mol. The number of rotatable bonds is 0. The minimum atomic E-state index is 1.13. The van der Waals surface area contributed by atoms with Crippen molar-refractivity contribution in [2.45, 2.75) is 32.1 Å². The van der Waals surface area contributed by atoms with Crippen molar-refractivity contribution in [3.63, 3.8) is 0 Å². The third kappa shape index (κ3) is 0.795. The standard InChI is InChI=1S/C11H13N/c1-3-8-7-9-4-2-6-11(9)12-10(8)5-1/h1,3,12H,2,4-7H2. The van der Waals surface area contributed by atoms with Crippen molar-refractivity contribution in [3.8, 4) is 0 Å². The second-order valence-corrected chi connectivity index (χ2v) is 3.85. The van der Waals surface area contributed by atoms with E-state index in [0.29, 0.717) is 0 Å². The van der Waals surface area contributed by atoms with Gasteiger partial charge in [0.15, 0.2) is 0 Å². The summed E-state index contributed by atoms with van der Waals surface area (Å²) in [5, 5.41) is 3.57. The Labute approximate surface area is 72.9 Å². The maximum atomic E-state index is 3.57. The Morgan fingerprint density at radius 3 is 3.17 bits per heavy atom. The fraction of sp³-hybridized carbons (Fsp3) is 0.455. The smallest absolute Gasteiger partial charge is 0.0222 e. The van der Waals surface area contributed by atoms with E-state index in [-0.39, 0.29) is 0 Å². The normalized spacial score (nSPS) is 26.0. The largest absolute Gasteiger partial charge is 0.362 e. The Hall–Kier alpha value is -0.980. The number of nitrogens with one attached hydrogen (secondary N) is 1. The Bertz CT molecular complexity index is 318. The first kappa shape index (κ1) is 6.53. The van der Waals surface area contributed by atoms with Gasteiger partial charge in [0, 0.05) is 17.8 Å². The van der Waals surface area contributed by atoms with E-state index >= 15 is 0 Å². The highest BCUT2D eigenvalue weighted by atomic mass is 14.9. The van der Waals surface area contributed by atoms with E-state index in [1.807, 2.05) is 0 Å². The molecule has 0 spiro atoms. The van der Waals surface area contributed by atoms with Gasteiger partial charge in [-0.2, -0.15) is 0 Å². The minimum absolute atomic E-state index is 1.13. The van der Waals surface area contributed by atoms with Crippen molar-refractivity contribution in [3.05, 3.63) is 34.7 Å². The zero-order valence-corrected chi connectivity index (χ0v) is 7.19. The summed E-state index contributed by atoms with van der Waals surface area (Å²) in [6.07, 6.45) is 10.9. The molecule has 0 saturated carbocycles. The highest BCUT2D eigenvalue weighted by molar-refractivity contribution is 5.43. The van der Waals surface area contributed by atoms with Crippen molar-refractivity contribution in [2.24, 2.45) is 0 Å². The predicted octanol–water partition coefficient (Wildman–Crippen LogP) is 2.63. The van der Waals surface area contributed by atoms with Crippen LogP contribution in [0.1, 0.15) is 32.1 Å². The molecule has 62 valence electrons. The Morgan fingerprint density at radius 2 is 2.17 bits per heavy atom. The van der Waals surface area contributed by atoms with E-state index in [1.165, 1.54) is 42.7 Å². The summed E-state index contributed by atoms with van der Waals surface area (Å²) in [6.45, 7) is 0. The quantitative estimate of drug-likeness (QED) is 0.573. The average Bonchev–Trinajstić information content (AvgIpc) is 2.64. The second-order valence-electron chi connectivity index (χ2n) is 3.85. The van der Waals surface area contributed by atoms with Gasteiger partial charge in [-0.3, -0.25) is 0 Å². The maximum absolute atomic E-state index is 3.57. The fourth-order valence-electron chi connectivity index (χ4n) is 2.41. The highest BCUT2D eigenvalue weighted by Gasteiger charge is 2.23. The molecule has 0 unspecified atom stereocenters. The van der Waals surface area contributed by atoms with Gasteiger partial charge in [-0.15, -0.1) is 0 Å². The van der Waals surface area contributed by atoms with Gasteiger partial charge in [0.1, 0.15) is 0 Å². The van der Waals surface area contributed by atoms with E-state index in [9.17, 15) is 0 Å². The Balaban J connectivity index is 1.93. The molecule has 1 heteroatoms. The first-order chi connectivity index (χ1) is 5.93. The highest BCUT2D eigenvalue weighted by Crippen LogP contribution is 2.37. The van der Waals surface area contributed by atoms with E-state index in [2.05, 4.69) is 17.5 Å². The van der Waals surface area contributed by atoms with Crippen LogP contribution in [0.4, 0.5) is 0 Å². The van der Waals surface area contributed by atoms with Gasteiger partial charge in [0.25, 0.3) is 0 Å². The van der Waals surface area contributed by atoms with E-state index in [0.717, 1.165) is 6.42 Å².